The van der Waals surface area contributed by atoms with Gasteiger partial charge in [0.05, 0.1) is 6.26 Å². The normalized spacial score (nSPS) is 8.57. The van der Waals surface area contributed by atoms with E-state index in [4.69, 9.17) is 0 Å². The molecule has 0 bridgehead atoms. The molecule has 1 radical (unpaired) electrons. The van der Waals surface area contributed by atoms with E-state index in [9.17, 15) is 0 Å². The van der Waals surface area contributed by atoms with Gasteiger partial charge in [-0.25, -0.2) is 0 Å². The molecule has 0 aliphatic rings. The first-order valence-electron chi connectivity index (χ1n) is 2.00. The zero-order chi connectivity index (χ0) is 5.11. The summed E-state index contributed by atoms with van der Waals surface area (Å²) in [5, 5.41) is 0. The third-order valence-electron chi connectivity index (χ3n) is 0.724. The highest BCUT2D eigenvalue weighted by molar-refractivity contribution is 5.43. The van der Waals surface area contributed by atoms with Crippen LogP contribution in [-0.4, -0.2) is 0 Å². The highest BCUT2D eigenvalue weighted by Gasteiger charge is 1.81. The monoisotopic (exact) mass is 93.0 g/mol. The smallest absolute Gasteiger partial charge is 0.169 e. The fourth-order valence-corrected chi connectivity index (χ4v) is 0.345. The molecule has 0 aliphatic carbocycles. The molecule has 0 aliphatic heterocycles. The molecule has 1 heterocycles. The lowest BCUT2D eigenvalue weighted by Crippen LogP contribution is -1.50. The van der Waals surface area contributed by atoms with E-state index in [0.29, 0.717) is 0 Å². The van der Waals surface area contributed by atoms with Gasteiger partial charge in [0, 0.05) is 5.56 Å². The maximum absolute atomic E-state index is 4.61. The summed E-state index contributed by atoms with van der Waals surface area (Å²) in [4.78, 5) is 0. The van der Waals surface area contributed by atoms with Crippen LogP contribution < -0.4 is 0 Å². The molecule has 0 amide bonds. The number of furan rings is 1. The summed E-state index contributed by atoms with van der Waals surface area (Å²) in [6.07, 6.45) is 5.83. The van der Waals surface area contributed by atoms with Crippen molar-refractivity contribution in [2.45, 2.75) is 0 Å². The summed E-state index contributed by atoms with van der Waals surface area (Å²) in [6.45, 7) is 3.52. The summed E-state index contributed by atoms with van der Waals surface area (Å²) in [5.41, 5.74) is 0.972. The number of rotatable bonds is 1. The van der Waals surface area contributed by atoms with E-state index in [1.807, 2.05) is 0 Å². The highest BCUT2D eigenvalue weighted by Crippen LogP contribution is 1.98. The molecular weight excluding hydrogens is 88.1 g/mol. The van der Waals surface area contributed by atoms with Crippen molar-refractivity contribution in [2.24, 2.45) is 0 Å². The molecule has 0 N–H and O–H groups in total. The van der Waals surface area contributed by atoms with Crippen LogP contribution in [0.4, 0.5) is 0 Å². The molecule has 0 saturated heterocycles. The first-order chi connectivity index (χ1) is 3.43. The van der Waals surface area contributed by atoms with Gasteiger partial charge in [-0.1, -0.05) is 12.7 Å². The summed E-state index contributed by atoms with van der Waals surface area (Å²) >= 11 is 0. The fourth-order valence-electron chi connectivity index (χ4n) is 0.345. The van der Waals surface area contributed by atoms with Gasteiger partial charge >= 0.3 is 0 Å². The van der Waals surface area contributed by atoms with Crippen LogP contribution in [0.5, 0.6) is 0 Å². The molecule has 0 unspecified atom stereocenters. The van der Waals surface area contributed by atoms with Crippen LogP contribution in [0.1, 0.15) is 5.56 Å². The predicted octanol–water partition coefficient (Wildman–Crippen LogP) is 1.72. The SMILES string of the molecule is C=Cc1c[c]oc1. The van der Waals surface area contributed by atoms with E-state index in [1.54, 1.807) is 18.4 Å². The van der Waals surface area contributed by atoms with Crippen LogP contribution in [0, 0.1) is 6.26 Å². The predicted molar refractivity (Wildman–Crippen MR) is 27.6 cm³/mol. The second-order valence-electron chi connectivity index (χ2n) is 1.20. The van der Waals surface area contributed by atoms with Crippen LogP contribution in [-0.2, 0) is 0 Å². The van der Waals surface area contributed by atoms with Crippen molar-refractivity contribution in [2.75, 3.05) is 0 Å². The fraction of sp³-hybridized carbons (Fsp3) is 0. The molecule has 7 heavy (non-hydrogen) atoms. The van der Waals surface area contributed by atoms with Crippen LogP contribution in [0.3, 0.4) is 0 Å². The van der Waals surface area contributed by atoms with Crippen molar-refractivity contribution in [3.05, 3.63) is 30.7 Å². The molecular formula is C6H5O. The van der Waals surface area contributed by atoms with Crippen LogP contribution in [0.2, 0.25) is 0 Å². The summed E-state index contributed by atoms with van der Waals surface area (Å²) in [5.74, 6) is 0. The quantitative estimate of drug-likeness (QED) is 0.515. The Balaban J connectivity index is 2.96. The summed E-state index contributed by atoms with van der Waals surface area (Å²) in [7, 11) is 0. The van der Waals surface area contributed by atoms with Crippen molar-refractivity contribution < 1.29 is 4.42 Å². The summed E-state index contributed by atoms with van der Waals surface area (Å²) < 4.78 is 4.61. The standard InChI is InChI=1S/C6H5O/c1-2-6-3-4-7-5-6/h2-3,5H,1H2. The van der Waals surface area contributed by atoms with Crippen molar-refractivity contribution in [1.82, 2.24) is 0 Å². The van der Waals surface area contributed by atoms with E-state index in [0.717, 1.165) is 5.56 Å². The Labute approximate surface area is 42.3 Å². The van der Waals surface area contributed by atoms with Gasteiger partial charge in [0.25, 0.3) is 0 Å². The van der Waals surface area contributed by atoms with E-state index in [1.165, 1.54) is 0 Å². The maximum atomic E-state index is 4.61. The van der Waals surface area contributed by atoms with Crippen LogP contribution in [0.15, 0.2) is 23.3 Å². The minimum Gasteiger partial charge on any atom is -0.460 e. The molecule has 1 aromatic heterocycles. The first kappa shape index (κ1) is 4.19. The van der Waals surface area contributed by atoms with Crippen molar-refractivity contribution in [3.8, 4) is 0 Å². The first-order valence-corrected chi connectivity index (χ1v) is 2.00. The van der Waals surface area contributed by atoms with Gasteiger partial charge in [-0.3, -0.25) is 0 Å². The third kappa shape index (κ3) is 0.712. The largest absolute Gasteiger partial charge is 0.460 e. The van der Waals surface area contributed by atoms with E-state index in [2.05, 4.69) is 17.3 Å². The molecule has 1 heteroatoms. The molecule has 1 nitrogen and oxygen atoms in total. The van der Waals surface area contributed by atoms with E-state index < -0.39 is 0 Å². The van der Waals surface area contributed by atoms with Crippen LogP contribution in [0.25, 0.3) is 6.08 Å². The minimum absolute atomic E-state index is 0.972. The van der Waals surface area contributed by atoms with Crippen molar-refractivity contribution in [3.63, 3.8) is 0 Å². The average Bonchev–Trinajstić information content (AvgIpc) is 2.14. The summed E-state index contributed by atoms with van der Waals surface area (Å²) in [6, 6.07) is 1.73. The Morgan fingerprint density at radius 3 is 3.00 bits per heavy atom. The highest BCUT2D eigenvalue weighted by atomic mass is 16.3. The lowest BCUT2D eigenvalue weighted by molar-refractivity contribution is 0.558. The molecule has 0 saturated carbocycles. The molecule has 1 rings (SSSR count). The zero-order valence-corrected chi connectivity index (χ0v) is 3.85. The number of hydrogen-bond acceptors (Lipinski definition) is 1. The lowest BCUT2D eigenvalue weighted by Gasteiger charge is -1.68. The maximum Gasteiger partial charge on any atom is 0.169 e. The Kier molecular flexibility index (Phi) is 0.984. The molecule has 0 fully saturated rings. The second-order valence-corrected chi connectivity index (χ2v) is 1.20. The Morgan fingerprint density at radius 1 is 1.86 bits per heavy atom. The Hall–Kier alpha value is -0.980. The van der Waals surface area contributed by atoms with E-state index in [-0.39, 0.29) is 0 Å². The topological polar surface area (TPSA) is 13.1 Å². The Morgan fingerprint density at radius 2 is 2.71 bits per heavy atom. The molecule has 0 atom stereocenters. The van der Waals surface area contributed by atoms with Gasteiger partial charge in [-0.05, 0) is 6.07 Å². The average molecular weight is 93.1 g/mol. The molecule has 1 aromatic rings. The van der Waals surface area contributed by atoms with Crippen LogP contribution >= 0.6 is 0 Å². The minimum atomic E-state index is 0.972. The van der Waals surface area contributed by atoms with Gasteiger partial charge in [-0.2, -0.15) is 0 Å². The third-order valence-corrected chi connectivity index (χ3v) is 0.724. The van der Waals surface area contributed by atoms with Gasteiger partial charge in [0.1, 0.15) is 0 Å². The molecule has 35 valence electrons. The van der Waals surface area contributed by atoms with Gasteiger partial charge in [-0.15, -0.1) is 0 Å². The van der Waals surface area contributed by atoms with Gasteiger partial charge < -0.3 is 4.42 Å². The zero-order valence-electron chi connectivity index (χ0n) is 3.85. The van der Waals surface area contributed by atoms with Gasteiger partial charge in [0.2, 0.25) is 0 Å². The van der Waals surface area contributed by atoms with E-state index >= 15 is 0 Å². The Bertz CT molecular complexity index is 139. The van der Waals surface area contributed by atoms with Crippen molar-refractivity contribution in [1.29, 1.82) is 0 Å². The van der Waals surface area contributed by atoms with Crippen molar-refractivity contribution >= 4 is 6.08 Å². The molecule has 0 aromatic carbocycles. The van der Waals surface area contributed by atoms with Gasteiger partial charge in [0.15, 0.2) is 6.26 Å². The number of hydrogen-bond donors (Lipinski definition) is 0. The lowest BCUT2D eigenvalue weighted by atomic mass is 10.3. The second kappa shape index (κ2) is 1.65. The molecule has 0 spiro atoms.